The maximum absolute atomic E-state index is 13.0. The number of ether oxygens (including phenoxy) is 1. The van der Waals surface area contributed by atoms with Crippen molar-refractivity contribution in [3.63, 3.8) is 0 Å². The molecule has 1 aromatic carbocycles. The minimum absolute atomic E-state index is 0.0582. The third kappa shape index (κ3) is 3.93. The van der Waals surface area contributed by atoms with Gasteiger partial charge in [0.25, 0.3) is 0 Å². The van der Waals surface area contributed by atoms with E-state index in [1.165, 1.54) is 12.1 Å². The molecule has 1 aliphatic heterocycles. The van der Waals surface area contributed by atoms with Gasteiger partial charge in [0.05, 0.1) is 6.61 Å². The van der Waals surface area contributed by atoms with Crippen LogP contribution in [0.1, 0.15) is 24.8 Å². The molecule has 0 aromatic heterocycles. The van der Waals surface area contributed by atoms with Crippen molar-refractivity contribution in [1.29, 1.82) is 0 Å². The number of amides is 1. The number of hydrogen-bond donors (Lipinski definition) is 1. The van der Waals surface area contributed by atoms with Gasteiger partial charge in [0.1, 0.15) is 5.82 Å². The number of alkyl carbamates (subject to hydrolysis) is 1. The number of nitrogens with one attached hydrogen (secondary N) is 1. The van der Waals surface area contributed by atoms with Crippen molar-refractivity contribution in [1.82, 2.24) is 10.2 Å². The van der Waals surface area contributed by atoms with Crippen molar-refractivity contribution in [3.05, 3.63) is 35.6 Å². The Morgan fingerprint density at radius 3 is 2.75 bits per heavy atom. The lowest BCUT2D eigenvalue weighted by molar-refractivity contribution is 0.135. The fraction of sp³-hybridized carbons (Fsp3) is 0.533. The maximum Gasteiger partial charge on any atom is 0.407 e. The smallest absolute Gasteiger partial charge is 0.407 e. The molecule has 5 heteroatoms. The first-order valence-corrected chi connectivity index (χ1v) is 6.95. The second-order valence-electron chi connectivity index (χ2n) is 5.27. The van der Waals surface area contributed by atoms with E-state index in [1.807, 2.05) is 19.2 Å². The van der Waals surface area contributed by atoms with E-state index in [0.29, 0.717) is 12.5 Å². The molecule has 1 heterocycles. The number of piperidine rings is 1. The van der Waals surface area contributed by atoms with Crippen molar-refractivity contribution < 1.29 is 13.9 Å². The average molecular weight is 280 g/mol. The second-order valence-corrected chi connectivity index (χ2v) is 5.27. The molecule has 1 fully saturated rings. The number of rotatable bonds is 3. The number of benzene rings is 1. The standard InChI is InChI=1S/C15H21FN2O2/c1-3-20-15(19)17-14-8-12(9-18(2)10-14)11-4-6-13(16)7-5-11/h4-7,12,14H,3,8-10H2,1-2H3,(H,17,19). The van der Waals surface area contributed by atoms with Crippen molar-refractivity contribution in [3.8, 4) is 0 Å². The molecule has 1 N–H and O–H groups in total. The predicted molar refractivity (Wildman–Crippen MR) is 75.2 cm³/mol. The van der Waals surface area contributed by atoms with Crippen molar-refractivity contribution in [2.24, 2.45) is 0 Å². The number of hydrogen-bond acceptors (Lipinski definition) is 3. The summed E-state index contributed by atoms with van der Waals surface area (Å²) >= 11 is 0. The number of likely N-dealkylation sites (tertiary alicyclic amines) is 1. The van der Waals surface area contributed by atoms with Gasteiger partial charge < -0.3 is 15.0 Å². The topological polar surface area (TPSA) is 41.6 Å². The number of carbonyl (C=O) groups excluding carboxylic acids is 1. The van der Waals surface area contributed by atoms with Gasteiger partial charge in [0, 0.05) is 19.1 Å². The van der Waals surface area contributed by atoms with E-state index >= 15 is 0 Å². The molecule has 1 aliphatic rings. The normalized spacial score (nSPS) is 23.4. The molecule has 110 valence electrons. The van der Waals surface area contributed by atoms with Crippen LogP contribution in [-0.4, -0.2) is 43.8 Å². The summed E-state index contributed by atoms with van der Waals surface area (Å²) in [6.07, 6.45) is 0.472. The van der Waals surface area contributed by atoms with Gasteiger partial charge in [-0.3, -0.25) is 0 Å². The van der Waals surface area contributed by atoms with Crippen LogP contribution < -0.4 is 5.32 Å². The Bertz CT molecular complexity index is 450. The van der Waals surface area contributed by atoms with Crippen LogP contribution in [0.5, 0.6) is 0 Å². The molecule has 1 aromatic rings. The van der Waals surface area contributed by atoms with Gasteiger partial charge in [0.2, 0.25) is 0 Å². The molecule has 1 saturated heterocycles. The molecule has 0 bridgehead atoms. The van der Waals surface area contributed by atoms with Crippen LogP contribution >= 0.6 is 0 Å². The molecule has 0 radical (unpaired) electrons. The lowest BCUT2D eigenvalue weighted by atomic mass is 9.88. The summed E-state index contributed by atoms with van der Waals surface area (Å²) in [4.78, 5) is 13.7. The zero-order valence-corrected chi connectivity index (χ0v) is 11.9. The van der Waals surface area contributed by atoms with E-state index < -0.39 is 0 Å². The zero-order chi connectivity index (χ0) is 14.5. The van der Waals surface area contributed by atoms with Crippen LogP contribution in [0.3, 0.4) is 0 Å². The van der Waals surface area contributed by atoms with E-state index in [1.54, 1.807) is 6.92 Å². The molecule has 0 saturated carbocycles. The quantitative estimate of drug-likeness (QED) is 0.924. The Morgan fingerprint density at radius 1 is 1.40 bits per heavy atom. The van der Waals surface area contributed by atoms with Crippen LogP contribution in [0.15, 0.2) is 24.3 Å². The van der Waals surface area contributed by atoms with Crippen LogP contribution in [0.2, 0.25) is 0 Å². The van der Waals surface area contributed by atoms with E-state index in [4.69, 9.17) is 4.74 Å². The summed E-state index contributed by atoms with van der Waals surface area (Å²) in [5.41, 5.74) is 1.11. The molecule has 0 aliphatic carbocycles. The highest BCUT2D eigenvalue weighted by Gasteiger charge is 2.27. The predicted octanol–water partition coefficient (Wildman–Crippen LogP) is 2.36. The Balaban J connectivity index is 2.00. The molecule has 2 rings (SSSR count). The van der Waals surface area contributed by atoms with Crippen molar-refractivity contribution >= 4 is 6.09 Å². The maximum atomic E-state index is 13.0. The average Bonchev–Trinajstić information content (AvgIpc) is 2.39. The molecular weight excluding hydrogens is 259 g/mol. The van der Waals surface area contributed by atoms with E-state index in [0.717, 1.165) is 25.1 Å². The van der Waals surface area contributed by atoms with Gasteiger partial charge in [-0.1, -0.05) is 12.1 Å². The number of nitrogens with zero attached hydrogens (tertiary/aromatic N) is 1. The molecule has 2 atom stereocenters. The van der Waals surface area contributed by atoms with E-state index in [9.17, 15) is 9.18 Å². The first-order chi connectivity index (χ1) is 9.58. The van der Waals surface area contributed by atoms with Crippen LogP contribution in [0, 0.1) is 5.82 Å². The van der Waals surface area contributed by atoms with Gasteiger partial charge in [-0.2, -0.15) is 0 Å². The molecule has 2 unspecified atom stereocenters. The Hall–Kier alpha value is -1.62. The monoisotopic (exact) mass is 280 g/mol. The fourth-order valence-electron chi connectivity index (χ4n) is 2.74. The molecular formula is C15H21FN2O2. The van der Waals surface area contributed by atoms with Gasteiger partial charge >= 0.3 is 6.09 Å². The van der Waals surface area contributed by atoms with Gasteiger partial charge in [-0.15, -0.1) is 0 Å². The fourth-order valence-corrected chi connectivity index (χ4v) is 2.74. The van der Waals surface area contributed by atoms with Gasteiger partial charge in [-0.05, 0) is 44.0 Å². The highest BCUT2D eigenvalue weighted by atomic mass is 19.1. The Labute approximate surface area is 118 Å². The highest BCUT2D eigenvalue weighted by molar-refractivity contribution is 5.67. The minimum Gasteiger partial charge on any atom is -0.450 e. The lowest BCUT2D eigenvalue weighted by Gasteiger charge is -2.36. The summed E-state index contributed by atoms with van der Waals surface area (Å²) in [5.74, 6) is 0.0698. The molecule has 0 spiro atoms. The van der Waals surface area contributed by atoms with Crippen LogP contribution in [0.4, 0.5) is 9.18 Å². The van der Waals surface area contributed by atoms with Crippen molar-refractivity contribution in [2.45, 2.75) is 25.3 Å². The molecule has 20 heavy (non-hydrogen) atoms. The van der Waals surface area contributed by atoms with Crippen LogP contribution in [-0.2, 0) is 4.74 Å². The number of likely N-dealkylation sites (N-methyl/N-ethyl adjacent to an activating group) is 1. The second kappa shape index (κ2) is 6.70. The molecule has 4 nitrogen and oxygen atoms in total. The highest BCUT2D eigenvalue weighted by Crippen LogP contribution is 2.26. The first-order valence-electron chi connectivity index (χ1n) is 6.95. The minimum atomic E-state index is -0.370. The van der Waals surface area contributed by atoms with Gasteiger partial charge in [0.15, 0.2) is 0 Å². The Kier molecular flexibility index (Phi) is 4.95. The first kappa shape index (κ1) is 14.8. The number of carbonyl (C=O) groups is 1. The molecule has 1 amide bonds. The van der Waals surface area contributed by atoms with E-state index in [2.05, 4.69) is 10.2 Å². The van der Waals surface area contributed by atoms with Crippen LogP contribution in [0.25, 0.3) is 0 Å². The summed E-state index contributed by atoms with van der Waals surface area (Å²) in [6.45, 7) is 3.87. The van der Waals surface area contributed by atoms with E-state index in [-0.39, 0.29) is 18.0 Å². The summed E-state index contributed by atoms with van der Waals surface area (Å²) < 4.78 is 17.9. The summed E-state index contributed by atoms with van der Waals surface area (Å²) in [5, 5.41) is 2.88. The third-order valence-electron chi connectivity index (χ3n) is 3.57. The summed E-state index contributed by atoms with van der Waals surface area (Å²) in [6, 6.07) is 6.67. The van der Waals surface area contributed by atoms with Gasteiger partial charge in [-0.25, -0.2) is 9.18 Å². The third-order valence-corrected chi connectivity index (χ3v) is 3.57. The van der Waals surface area contributed by atoms with Crippen molar-refractivity contribution in [2.75, 3.05) is 26.7 Å². The summed E-state index contributed by atoms with van der Waals surface area (Å²) in [7, 11) is 2.02. The SMILES string of the molecule is CCOC(=O)NC1CC(c2ccc(F)cc2)CN(C)C1. The lowest BCUT2D eigenvalue weighted by Crippen LogP contribution is -2.48. The largest absolute Gasteiger partial charge is 0.450 e. The zero-order valence-electron chi connectivity index (χ0n) is 11.9. The number of halogens is 1. The Morgan fingerprint density at radius 2 is 2.10 bits per heavy atom.